The number of hydrogen-bond acceptors (Lipinski definition) is 7. The molecule has 2 N–H and O–H groups in total. The first-order valence-corrected chi connectivity index (χ1v) is 9.80. The van der Waals surface area contributed by atoms with Gasteiger partial charge in [-0.15, -0.1) is 0 Å². The molecule has 32 heavy (non-hydrogen) atoms. The first kappa shape index (κ1) is 29.0. The van der Waals surface area contributed by atoms with Crippen molar-refractivity contribution in [1.82, 2.24) is 15.3 Å². The van der Waals surface area contributed by atoms with Crippen LogP contribution in [0.1, 0.15) is 46.4 Å². The highest BCUT2D eigenvalue weighted by Gasteiger charge is 2.29. The first-order valence-electron chi connectivity index (χ1n) is 9.80. The first-order chi connectivity index (χ1) is 15.1. The summed E-state index contributed by atoms with van der Waals surface area (Å²) < 4.78 is 41.5. The number of hydrogen-bond donors (Lipinski definition) is 2. The summed E-state index contributed by atoms with van der Waals surface area (Å²) in [6.45, 7) is 12.0. The third-order valence-electron chi connectivity index (χ3n) is 4.05. The Balaban J connectivity index is -0.00000152. The van der Waals surface area contributed by atoms with Gasteiger partial charge in [0.05, 0.1) is 0 Å². The molecule has 0 saturated carbocycles. The number of rotatable bonds is 9. The Morgan fingerprint density at radius 3 is 2.34 bits per heavy atom. The SMILES string of the molecule is C=O.C=O.Cc1cc(CNC(C)c2ccnc(NCC(C)C)c2)cnc1OCC(F)(F)F.[HH].[HH]. The summed E-state index contributed by atoms with van der Waals surface area (Å²) in [5, 5.41) is 6.70. The average Bonchev–Trinajstić information content (AvgIpc) is 2.77. The normalized spacial score (nSPS) is 11.5. The van der Waals surface area contributed by atoms with Gasteiger partial charge < -0.3 is 25.0 Å². The number of alkyl halides is 3. The molecule has 0 bridgehead atoms. The molecule has 2 aromatic rings. The molecule has 0 aliphatic carbocycles. The third-order valence-corrected chi connectivity index (χ3v) is 4.05. The van der Waals surface area contributed by atoms with E-state index in [4.69, 9.17) is 14.3 Å². The van der Waals surface area contributed by atoms with Crippen molar-refractivity contribution in [2.75, 3.05) is 18.5 Å². The van der Waals surface area contributed by atoms with Crippen molar-refractivity contribution in [3.63, 3.8) is 0 Å². The molecule has 182 valence electrons. The van der Waals surface area contributed by atoms with Gasteiger partial charge >= 0.3 is 6.18 Å². The van der Waals surface area contributed by atoms with Gasteiger partial charge in [0.15, 0.2) is 6.61 Å². The van der Waals surface area contributed by atoms with Gasteiger partial charge in [-0.25, -0.2) is 9.97 Å². The molecule has 10 heteroatoms. The topological polar surface area (TPSA) is 93.2 Å². The molecule has 1 atom stereocenters. The van der Waals surface area contributed by atoms with Crippen LogP contribution in [0.3, 0.4) is 0 Å². The molecule has 7 nitrogen and oxygen atoms in total. The molecule has 0 aromatic carbocycles. The minimum Gasteiger partial charge on any atom is -0.468 e. The van der Waals surface area contributed by atoms with E-state index >= 15 is 0 Å². The molecule has 0 radical (unpaired) electrons. The Labute approximate surface area is 189 Å². The minimum absolute atomic E-state index is 0. The Bertz CT molecular complexity index is 813. The number of pyridine rings is 2. The number of ether oxygens (including phenoxy) is 1. The molecule has 1 unspecified atom stereocenters. The van der Waals surface area contributed by atoms with Gasteiger partial charge in [0.1, 0.15) is 19.4 Å². The predicted octanol–water partition coefficient (Wildman–Crippen LogP) is 4.77. The molecule has 0 amide bonds. The summed E-state index contributed by atoms with van der Waals surface area (Å²) in [5.74, 6) is 1.37. The highest BCUT2D eigenvalue weighted by atomic mass is 19.4. The summed E-state index contributed by atoms with van der Waals surface area (Å²) in [5.41, 5.74) is 2.53. The zero-order valence-electron chi connectivity index (χ0n) is 18.8. The van der Waals surface area contributed by atoms with E-state index < -0.39 is 12.8 Å². The van der Waals surface area contributed by atoms with Crippen LogP contribution >= 0.6 is 0 Å². The lowest BCUT2D eigenvalue weighted by molar-refractivity contribution is -0.154. The summed E-state index contributed by atoms with van der Waals surface area (Å²) in [4.78, 5) is 24.3. The van der Waals surface area contributed by atoms with E-state index in [1.165, 1.54) is 6.20 Å². The minimum atomic E-state index is -4.38. The van der Waals surface area contributed by atoms with E-state index in [0.29, 0.717) is 18.0 Å². The smallest absolute Gasteiger partial charge is 0.422 e. The largest absolute Gasteiger partial charge is 0.468 e. The van der Waals surface area contributed by atoms with Gasteiger partial charge in [0.25, 0.3) is 0 Å². The second kappa shape index (κ2) is 14.9. The van der Waals surface area contributed by atoms with Crippen LogP contribution in [0.25, 0.3) is 0 Å². The van der Waals surface area contributed by atoms with Crippen LogP contribution in [0.4, 0.5) is 19.0 Å². The van der Waals surface area contributed by atoms with Crippen LogP contribution in [-0.4, -0.2) is 42.9 Å². The zero-order valence-corrected chi connectivity index (χ0v) is 18.8. The Hall–Kier alpha value is -3.01. The fourth-order valence-electron chi connectivity index (χ4n) is 2.53. The van der Waals surface area contributed by atoms with E-state index in [9.17, 15) is 13.2 Å². The van der Waals surface area contributed by atoms with Crippen LogP contribution in [0.15, 0.2) is 30.6 Å². The van der Waals surface area contributed by atoms with Gasteiger partial charge in [0, 0.05) is 39.9 Å². The van der Waals surface area contributed by atoms with Gasteiger partial charge in [-0.2, -0.15) is 13.2 Å². The van der Waals surface area contributed by atoms with Crippen molar-refractivity contribution in [3.8, 4) is 5.88 Å². The van der Waals surface area contributed by atoms with Crippen molar-refractivity contribution >= 4 is 19.4 Å². The molecule has 0 saturated heterocycles. The maximum Gasteiger partial charge on any atom is 0.422 e. The lowest BCUT2D eigenvalue weighted by Crippen LogP contribution is -2.20. The van der Waals surface area contributed by atoms with Gasteiger partial charge in [-0.05, 0) is 49.1 Å². The molecule has 2 rings (SSSR count). The fraction of sp³-hybridized carbons (Fsp3) is 0.455. The highest BCUT2D eigenvalue weighted by Crippen LogP contribution is 2.21. The lowest BCUT2D eigenvalue weighted by Gasteiger charge is -2.16. The number of aromatic nitrogens is 2. The van der Waals surface area contributed by atoms with E-state index in [-0.39, 0.29) is 14.8 Å². The van der Waals surface area contributed by atoms with Crippen LogP contribution in [0.5, 0.6) is 5.88 Å². The van der Waals surface area contributed by atoms with Crippen LogP contribution in [0, 0.1) is 12.8 Å². The molecule has 0 aliphatic heterocycles. The number of nitrogens with one attached hydrogen (secondary N) is 2. The maximum absolute atomic E-state index is 12.3. The van der Waals surface area contributed by atoms with Crippen LogP contribution in [0.2, 0.25) is 0 Å². The summed E-state index contributed by atoms with van der Waals surface area (Å²) in [6, 6.07) is 5.82. The zero-order chi connectivity index (χ0) is 24.7. The third kappa shape index (κ3) is 11.4. The standard InChI is InChI=1S/C20H27F3N4O.2CH2O.2H2/c1-13(2)9-26-18-8-17(5-6-24-18)15(4)25-10-16-7-14(3)19(27-11-16)28-12-20(21,22)23;2*1-2;;/h5-8,11,13,15,25H,9-10,12H2,1-4H3,(H,24,26);2*1H2;2*1H. The van der Waals surface area contributed by atoms with Crippen LogP contribution < -0.4 is 15.4 Å². The molecular weight excluding hydrogens is 425 g/mol. The van der Waals surface area contributed by atoms with Crippen molar-refractivity contribution in [2.24, 2.45) is 5.92 Å². The van der Waals surface area contributed by atoms with Crippen molar-refractivity contribution < 1.29 is 30.4 Å². The molecule has 0 fully saturated rings. The number of aryl methyl sites for hydroxylation is 1. The van der Waals surface area contributed by atoms with E-state index in [2.05, 4.69) is 34.4 Å². The number of nitrogens with zero attached hydrogens (tertiary/aromatic N) is 2. The molecular formula is C22H35F3N4O3. The number of carbonyl (C=O) groups is 2. The Kier molecular flexibility index (Phi) is 13.5. The monoisotopic (exact) mass is 460 g/mol. The molecule has 0 spiro atoms. The van der Waals surface area contributed by atoms with E-state index in [1.807, 2.05) is 32.6 Å². The molecule has 2 aromatic heterocycles. The average molecular weight is 461 g/mol. The quantitative estimate of drug-likeness (QED) is 0.557. The fourth-order valence-corrected chi connectivity index (χ4v) is 2.53. The lowest BCUT2D eigenvalue weighted by atomic mass is 10.1. The second-order valence-corrected chi connectivity index (χ2v) is 7.22. The maximum atomic E-state index is 12.3. The summed E-state index contributed by atoms with van der Waals surface area (Å²) in [6.07, 6.45) is -1.08. The van der Waals surface area contributed by atoms with Crippen LogP contribution in [-0.2, 0) is 16.1 Å². The Morgan fingerprint density at radius 1 is 1.12 bits per heavy atom. The van der Waals surface area contributed by atoms with E-state index in [0.717, 1.165) is 23.5 Å². The number of carbonyl (C=O) groups excluding carboxylic acids is 2. The second-order valence-electron chi connectivity index (χ2n) is 7.22. The summed E-state index contributed by atoms with van der Waals surface area (Å²) >= 11 is 0. The molecule has 0 aliphatic rings. The van der Waals surface area contributed by atoms with Crippen molar-refractivity contribution in [1.29, 1.82) is 0 Å². The van der Waals surface area contributed by atoms with Crippen molar-refractivity contribution in [3.05, 3.63) is 47.3 Å². The summed E-state index contributed by atoms with van der Waals surface area (Å²) in [7, 11) is 0. The van der Waals surface area contributed by atoms with E-state index in [1.54, 1.807) is 19.2 Å². The number of anilines is 1. The Morgan fingerprint density at radius 2 is 1.78 bits per heavy atom. The van der Waals surface area contributed by atoms with Crippen molar-refractivity contribution in [2.45, 2.75) is 46.5 Å². The highest BCUT2D eigenvalue weighted by molar-refractivity contribution is 5.38. The number of halogens is 3. The molecule has 2 heterocycles. The van der Waals surface area contributed by atoms with Gasteiger partial charge in [0.2, 0.25) is 5.88 Å². The van der Waals surface area contributed by atoms with Gasteiger partial charge in [-0.3, -0.25) is 0 Å². The predicted molar refractivity (Wildman–Crippen MR) is 122 cm³/mol. The van der Waals surface area contributed by atoms with Gasteiger partial charge in [-0.1, -0.05) is 13.8 Å².